The molecule has 20 heavy (non-hydrogen) atoms. The quantitative estimate of drug-likeness (QED) is 0.880. The van der Waals surface area contributed by atoms with Crippen LogP contribution in [0.3, 0.4) is 0 Å². The van der Waals surface area contributed by atoms with Gasteiger partial charge in [-0.2, -0.15) is 0 Å². The van der Waals surface area contributed by atoms with Crippen LogP contribution in [0.5, 0.6) is 5.75 Å². The Labute approximate surface area is 118 Å². The second-order valence-electron chi connectivity index (χ2n) is 4.62. The Bertz CT molecular complexity index is 531. The fourth-order valence-corrected chi connectivity index (χ4v) is 1.96. The highest BCUT2D eigenvalue weighted by Gasteiger charge is 2.11. The summed E-state index contributed by atoms with van der Waals surface area (Å²) < 4.78 is 10.6. The standard InChI is InChI=1S/C16H19NO3/c1-3-19-14-8-6-13(7-9-14)16(18)17-12(2)11-15-5-4-10-20-15/h4-10,12H,3,11H2,1-2H3,(H,17,18). The van der Waals surface area contributed by atoms with E-state index in [0.717, 1.165) is 11.5 Å². The van der Waals surface area contributed by atoms with Crippen LogP contribution in [-0.2, 0) is 6.42 Å². The lowest BCUT2D eigenvalue weighted by atomic mass is 10.1. The lowest BCUT2D eigenvalue weighted by Gasteiger charge is -2.12. The van der Waals surface area contributed by atoms with Gasteiger partial charge in [0.25, 0.3) is 5.91 Å². The Morgan fingerprint density at radius 3 is 2.65 bits per heavy atom. The summed E-state index contributed by atoms with van der Waals surface area (Å²) in [5.41, 5.74) is 0.625. The Morgan fingerprint density at radius 2 is 2.05 bits per heavy atom. The molecule has 4 nitrogen and oxygen atoms in total. The number of benzene rings is 1. The van der Waals surface area contributed by atoms with Crippen molar-refractivity contribution in [1.29, 1.82) is 0 Å². The van der Waals surface area contributed by atoms with E-state index in [9.17, 15) is 4.79 Å². The molecule has 0 bridgehead atoms. The maximum atomic E-state index is 12.1. The third-order valence-electron chi connectivity index (χ3n) is 2.89. The van der Waals surface area contributed by atoms with Crippen molar-refractivity contribution in [2.45, 2.75) is 26.3 Å². The highest BCUT2D eigenvalue weighted by Crippen LogP contribution is 2.12. The van der Waals surface area contributed by atoms with E-state index >= 15 is 0 Å². The number of nitrogens with one attached hydrogen (secondary N) is 1. The number of furan rings is 1. The molecule has 0 saturated carbocycles. The molecule has 0 radical (unpaired) electrons. The molecule has 1 aromatic carbocycles. The molecule has 0 aliphatic heterocycles. The molecule has 1 N–H and O–H groups in total. The van der Waals surface area contributed by atoms with Gasteiger partial charge in [-0.3, -0.25) is 4.79 Å². The number of ether oxygens (including phenoxy) is 1. The zero-order chi connectivity index (χ0) is 14.4. The van der Waals surface area contributed by atoms with E-state index < -0.39 is 0 Å². The van der Waals surface area contributed by atoms with Crippen molar-refractivity contribution in [3.8, 4) is 5.75 Å². The zero-order valence-electron chi connectivity index (χ0n) is 11.8. The number of amides is 1. The number of rotatable bonds is 6. The molecule has 106 valence electrons. The molecule has 4 heteroatoms. The summed E-state index contributed by atoms with van der Waals surface area (Å²) >= 11 is 0. The van der Waals surface area contributed by atoms with E-state index in [4.69, 9.17) is 9.15 Å². The SMILES string of the molecule is CCOc1ccc(C(=O)NC(C)Cc2ccco2)cc1. The van der Waals surface area contributed by atoms with E-state index in [1.807, 2.05) is 26.0 Å². The summed E-state index contributed by atoms with van der Waals surface area (Å²) in [5, 5.41) is 2.95. The average molecular weight is 273 g/mol. The molecule has 1 amide bonds. The molecule has 0 aliphatic rings. The topological polar surface area (TPSA) is 51.5 Å². The van der Waals surface area contributed by atoms with Gasteiger partial charge >= 0.3 is 0 Å². The van der Waals surface area contributed by atoms with Gasteiger partial charge in [-0.15, -0.1) is 0 Å². The summed E-state index contributed by atoms with van der Waals surface area (Å²) in [4.78, 5) is 12.1. The Balaban J connectivity index is 1.90. The molecule has 1 atom stereocenters. The van der Waals surface area contributed by atoms with Crippen molar-refractivity contribution >= 4 is 5.91 Å². The van der Waals surface area contributed by atoms with Gasteiger partial charge in [0.1, 0.15) is 11.5 Å². The van der Waals surface area contributed by atoms with Gasteiger partial charge in [0.05, 0.1) is 12.9 Å². The van der Waals surface area contributed by atoms with Crippen LogP contribution in [0.2, 0.25) is 0 Å². The second-order valence-corrected chi connectivity index (χ2v) is 4.62. The summed E-state index contributed by atoms with van der Waals surface area (Å²) in [6, 6.07) is 10.9. The summed E-state index contributed by atoms with van der Waals surface area (Å²) in [6.45, 7) is 4.50. The van der Waals surface area contributed by atoms with Crippen molar-refractivity contribution < 1.29 is 13.9 Å². The predicted octanol–water partition coefficient (Wildman–Crippen LogP) is 3.04. The fraction of sp³-hybridized carbons (Fsp3) is 0.312. The summed E-state index contributed by atoms with van der Waals surface area (Å²) in [6.07, 6.45) is 2.31. The lowest BCUT2D eigenvalue weighted by molar-refractivity contribution is 0.0939. The molecule has 0 fully saturated rings. The third-order valence-corrected chi connectivity index (χ3v) is 2.89. The van der Waals surface area contributed by atoms with E-state index in [1.165, 1.54) is 0 Å². The van der Waals surface area contributed by atoms with Gasteiger partial charge in [-0.1, -0.05) is 0 Å². The van der Waals surface area contributed by atoms with Crippen LogP contribution in [0.15, 0.2) is 47.1 Å². The predicted molar refractivity (Wildman–Crippen MR) is 77.0 cm³/mol. The molecule has 2 rings (SSSR count). The van der Waals surface area contributed by atoms with Crippen LogP contribution in [0.4, 0.5) is 0 Å². The lowest BCUT2D eigenvalue weighted by Crippen LogP contribution is -2.33. The maximum Gasteiger partial charge on any atom is 0.251 e. The first-order chi connectivity index (χ1) is 9.69. The minimum atomic E-state index is -0.0906. The number of hydrogen-bond donors (Lipinski definition) is 1. The first-order valence-corrected chi connectivity index (χ1v) is 6.75. The molecule has 1 unspecified atom stereocenters. The van der Waals surface area contributed by atoms with E-state index in [0.29, 0.717) is 18.6 Å². The molecule has 0 spiro atoms. The summed E-state index contributed by atoms with van der Waals surface area (Å²) in [5.74, 6) is 1.55. The van der Waals surface area contributed by atoms with Gasteiger partial charge in [-0.25, -0.2) is 0 Å². The van der Waals surface area contributed by atoms with Crippen LogP contribution < -0.4 is 10.1 Å². The molecule has 0 aliphatic carbocycles. The average Bonchev–Trinajstić information content (AvgIpc) is 2.92. The van der Waals surface area contributed by atoms with Gasteiger partial charge in [0, 0.05) is 18.0 Å². The molecular weight excluding hydrogens is 254 g/mol. The van der Waals surface area contributed by atoms with E-state index in [-0.39, 0.29) is 11.9 Å². The van der Waals surface area contributed by atoms with Gasteiger partial charge < -0.3 is 14.5 Å². The van der Waals surface area contributed by atoms with Crippen molar-refractivity contribution in [1.82, 2.24) is 5.32 Å². The van der Waals surface area contributed by atoms with Gasteiger partial charge in [0.15, 0.2) is 0 Å². The Kier molecular flexibility index (Phi) is 4.82. The first kappa shape index (κ1) is 14.2. The Morgan fingerprint density at radius 1 is 1.30 bits per heavy atom. The van der Waals surface area contributed by atoms with Crippen LogP contribution in [0.25, 0.3) is 0 Å². The number of hydrogen-bond acceptors (Lipinski definition) is 3. The van der Waals surface area contributed by atoms with Crippen molar-refractivity contribution in [3.63, 3.8) is 0 Å². The third kappa shape index (κ3) is 3.88. The monoisotopic (exact) mass is 273 g/mol. The normalized spacial score (nSPS) is 11.9. The fourth-order valence-electron chi connectivity index (χ4n) is 1.96. The van der Waals surface area contributed by atoms with Crippen LogP contribution in [0.1, 0.15) is 30.0 Å². The minimum absolute atomic E-state index is 0.0141. The van der Waals surface area contributed by atoms with Crippen LogP contribution in [-0.4, -0.2) is 18.6 Å². The minimum Gasteiger partial charge on any atom is -0.494 e. The van der Waals surface area contributed by atoms with Crippen LogP contribution in [0, 0.1) is 0 Å². The van der Waals surface area contributed by atoms with E-state index in [2.05, 4.69) is 5.32 Å². The van der Waals surface area contributed by atoms with E-state index in [1.54, 1.807) is 30.5 Å². The molecule has 2 aromatic rings. The largest absolute Gasteiger partial charge is 0.494 e. The second kappa shape index (κ2) is 6.80. The Hall–Kier alpha value is -2.23. The maximum absolute atomic E-state index is 12.1. The number of carbonyl (C=O) groups excluding carboxylic acids is 1. The van der Waals surface area contributed by atoms with Crippen molar-refractivity contribution in [2.24, 2.45) is 0 Å². The summed E-state index contributed by atoms with van der Waals surface area (Å²) in [7, 11) is 0. The number of carbonyl (C=O) groups is 1. The molecule has 1 aromatic heterocycles. The van der Waals surface area contributed by atoms with Crippen molar-refractivity contribution in [3.05, 3.63) is 54.0 Å². The smallest absolute Gasteiger partial charge is 0.251 e. The molecular formula is C16H19NO3. The van der Waals surface area contributed by atoms with Crippen LogP contribution >= 0.6 is 0 Å². The first-order valence-electron chi connectivity index (χ1n) is 6.75. The highest BCUT2D eigenvalue weighted by molar-refractivity contribution is 5.94. The molecule has 0 saturated heterocycles. The van der Waals surface area contributed by atoms with Gasteiger partial charge in [0.2, 0.25) is 0 Å². The zero-order valence-corrected chi connectivity index (χ0v) is 11.8. The van der Waals surface area contributed by atoms with Gasteiger partial charge in [-0.05, 0) is 50.2 Å². The highest BCUT2D eigenvalue weighted by atomic mass is 16.5. The molecule has 1 heterocycles. The van der Waals surface area contributed by atoms with Crippen molar-refractivity contribution in [2.75, 3.05) is 6.61 Å².